The second-order valence-corrected chi connectivity index (χ2v) is 7.01. The van der Waals surface area contributed by atoms with Gasteiger partial charge in [-0.25, -0.2) is 0 Å². The predicted molar refractivity (Wildman–Crippen MR) is 108 cm³/mol. The van der Waals surface area contributed by atoms with Crippen molar-refractivity contribution >= 4 is 23.0 Å². The Morgan fingerprint density at radius 3 is 2.00 bits per heavy atom. The molecule has 2 nitrogen and oxygen atoms in total. The number of halogens is 3. The number of benzene rings is 1. The molecule has 0 atom stereocenters. The van der Waals surface area contributed by atoms with E-state index in [9.17, 15) is 13.2 Å². The molecule has 0 aliphatic rings. The smallest absolute Gasteiger partial charge is 0.362 e. The first-order chi connectivity index (χ1) is 12.4. The van der Waals surface area contributed by atoms with Gasteiger partial charge in [0, 0.05) is 6.54 Å². The van der Waals surface area contributed by atoms with Gasteiger partial charge in [-0.2, -0.15) is 13.2 Å². The maximum absolute atomic E-state index is 12.9. The Hall–Kier alpha value is -1.30. The van der Waals surface area contributed by atoms with Crippen LogP contribution < -0.4 is 10.6 Å². The number of rotatable bonds is 12. The lowest BCUT2D eigenvalue weighted by molar-refractivity contribution is -0.136. The van der Waals surface area contributed by atoms with Gasteiger partial charge in [-0.15, -0.1) is 0 Å². The molecule has 0 radical (unpaired) electrons. The Bertz CT molecular complexity index is 518. The summed E-state index contributed by atoms with van der Waals surface area (Å²) in [6.07, 6.45) is 8.09. The molecule has 1 aromatic rings. The summed E-state index contributed by atoms with van der Waals surface area (Å²) in [5, 5.41) is 5.87. The van der Waals surface area contributed by atoms with Crippen molar-refractivity contribution in [2.75, 3.05) is 11.9 Å². The van der Waals surface area contributed by atoms with E-state index in [1.54, 1.807) is 6.07 Å². The quantitative estimate of drug-likeness (QED) is 0.300. The van der Waals surface area contributed by atoms with Gasteiger partial charge in [-0.3, -0.25) is 0 Å². The van der Waals surface area contributed by atoms with Gasteiger partial charge in [0.1, 0.15) is 0 Å². The van der Waals surface area contributed by atoms with Crippen LogP contribution in [0.25, 0.3) is 0 Å². The molecule has 26 heavy (non-hydrogen) atoms. The fraction of sp³-hybridized carbons (Fsp3) is 0.650. The van der Waals surface area contributed by atoms with Crippen LogP contribution in [0.5, 0.6) is 0 Å². The van der Waals surface area contributed by atoms with E-state index >= 15 is 0 Å². The molecule has 0 aliphatic carbocycles. The average Bonchev–Trinajstić information content (AvgIpc) is 2.59. The molecular formula is C20H31F3N2S. The van der Waals surface area contributed by atoms with Gasteiger partial charge in [0.2, 0.25) is 0 Å². The SMILES string of the molecule is CCCCCCCCCCCCNC(=S)Nc1ccccc1C(F)(F)F. The minimum atomic E-state index is -4.39. The highest BCUT2D eigenvalue weighted by molar-refractivity contribution is 7.80. The van der Waals surface area contributed by atoms with Crippen molar-refractivity contribution < 1.29 is 13.2 Å². The van der Waals surface area contributed by atoms with Crippen LogP contribution in [-0.4, -0.2) is 11.7 Å². The first kappa shape index (κ1) is 22.7. The molecule has 2 N–H and O–H groups in total. The van der Waals surface area contributed by atoms with E-state index in [4.69, 9.17) is 12.2 Å². The Labute approximate surface area is 160 Å². The minimum Gasteiger partial charge on any atom is -0.362 e. The Morgan fingerprint density at radius 2 is 1.42 bits per heavy atom. The number of alkyl halides is 3. The van der Waals surface area contributed by atoms with Crippen molar-refractivity contribution in [2.45, 2.75) is 77.3 Å². The lowest BCUT2D eigenvalue weighted by atomic mass is 10.1. The van der Waals surface area contributed by atoms with Gasteiger partial charge >= 0.3 is 6.18 Å². The Balaban J connectivity index is 2.11. The van der Waals surface area contributed by atoms with Gasteiger partial charge in [-0.05, 0) is 30.8 Å². The summed E-state index contributed by atoms with van der Waals surface area (Å²) in [5.74, 6) is 0. The zero-order chi connectivity index (χ0) is 19.3. The maximum Gasteiger partial charge on any atom is 0.418 e. The molecule has 0 aliphatic heterocycles. The fourth-order valence-electron chi connectivity index (χ4n) is 2.82. The number of hydrogen-bond donors (Lipinski definition) is 2. The molecule has 0 spiro atoms. The number of anilines is 1. The van der Waals surface area contributed by atoms with Gasteiger partial charge in [0.05, 0.1) is 11.3 Å². The fourth-order valence-corrected chi connectivity index (χ4v) is 3.03. The molecule has 1 rings (SSSR count). The normalized spacial score (nSPS) is 11.4. The van der Waals surface area contributed by atoms with Gasteiger partial charge in [0.15, 0.2) is 5.11 Å². The van der Waals surface area contributed by atoms with Crippen molar-refractivity contribution in [3.63, 3.8) is 0 Å². The molecular weight excluding hydrogens is 357 g/mol. The van der Waals surface area contributed by atoms with Crippen LogP contribution in [0.2, 0.25) is 0 Å². The summed E-state index contributed by atoms with van der Waals surface area (Å²) in [4.78, 5) is 0. The van der Waals surface area contributed by atoms with Crippen LogP contribution >= 0.6 is 12.2 Å². The zero-order valence-corrected chi connectivity index (χ0v) is 16.4. The van der Waals surface area contributed by atoms with E-state index in [1.165, 1.54) is 63.5 Å². The lowest BCUT2D eigenvalue weighted by Gasteiger charge is -2.15. The Morgan fingerprint density at radius 1 is 0.885 bits per heavy atom. The van der Waals surface area contributed by atoms with E-state index in [0.717, 1.165) is 18.9 Å². The number of nitrogens with one attached hydrogen (secondary N) is 2. The lowest BCUT2D eigenvalue weighted by Crippen LogP contribution is -2.30. The standard InChI is InChI=1S/C20H31F3N2S/c1-2-3-4-5-6-7-8-9-10-13-16-24-19(26)25-18-15-12-11-14-17(18)20(21,22)23/h11-12,14-15H,2-10,13,16H2,1H3,(H2,24,25,26). The third kappa shape index (κ3) is 10.00. The summed E-state index contributed by atoms with van der Waals surface area (Å²) < 4.78 is 38.8. The monoisotopic (exact) mass is 388 g/mol. The minimum absolute atomic E-state index is 0.0134. The van der Waals surface area contributed by atoms with Crippen molar-refractivity contribution in [1.29, 1.82) is 0 Å². The average molecular weight is 389 g/mol. The van der Waals surface area contributed by atoms with Crippen molar-refractivity contribution in [3.05, 3.63) is 29.8 Å². The van der Waals surface area contributed by atoms with E-state index in [1.807, 2.05) is 0 Å². The molecule has 148 valence electrons. The van der Waals surface area contributed by atoms with Crippen LogP contribution in [0.4, 0.5) is 18.9 Å². The number of hydrogen-bond acceptors (Lipinski definition) is 1. The summed E-state index contributed by atoms with van der Waals surface area (Å²) in [6.45, 7) is 2.90. The second kappa shape index (κ2) is 13.0. The molecule has 0 bridgehead atoms. The van der Waals surface area contributed by atoms with Gasteiger partial charge in [0.25, 0.3) is 0 Å². The molecule has 0 saturated carbocycles. The van der Waals surface area contributed by atoms with Crippen LogP contribution in [0.3, 0.4) is 0 Å². The van der Waals surface area contributed by atoms with Crippen LogP contribution in [0.1, 0.15) is 76.7 Å². The molecule has 1 aromatic carbocycles. The van der Waals surface area contributed by atoms with Crippen LogP contribution in [-0.2, 0) is 6.18 Å². The molecule has 6 heteroatoms. The van der Waals surface area contributed by atoms with Crippen LogP contribution in [0.15, 0.2) is 24.3 Å². The zero-order valence-electron chi connectivity index (χ0n) is 15.6. The van der Waals surface area contributed by atoms with Gasteiger partial charge < -0.3 is 10.6 Å². The van der Waals surface area contributed by atoms with E-state index < -0.39 is 11.7 Å². The molecule has 0 saturated heterocycles. The number of thiocarbonyl (C=S) groups is 1. The summed E-state index contributed by atoms with van der Waals surface area (Å²) in [6, 6.07) is 5.36. The first-order valence-corrected chi connectivity index (χ1v) is 10.1. The summed E-state index contributed by atoms with van der Waals surface area (Å²) in [7, 11) is 0. The van der Waals surface area contributed by atoms with Gasteiger partial charge in [-0.1, -0.05) is 76.8 Å². The third-order valence-electron chi connectivity index (χ3n) is 4.30. The number of unbranched alkanes of at least 4 members (excludes halogenated alkanes) is 9. The number of para-hydroxylation sites is 1. The molecule has 0 amide bonds. The van der Waals surface area contributed by atoms with E-state index in [-0.39, 0.29) is 10.8 Å². The predicted octanol–water partition coefficient (Wildman–Crippen LogP) is 6.91. The molecule has 0 fully saturated rings. The Kier molecular flexibility index (Phi) is 11.3. The first-order valence-electron chi connectivity index (χ1n) is 9.66. The van der Waals surface area contributed by atoms with Crippen molar-refractivity contribution in [3.8, 4) is 0 Å². The summed E-state index contributed by atoms with van der Waals surface area (Å²) in [5.41, 5.74) is -0.719. The highest BCUT2D eigenvalue weighted by Crippen LogP contribution is 2.34. The third-order valence-corrected chi connectivity index (χ3v) is 4.54. The van der Waals surface area contributed by atoms with Crippen molar-refractivity contribution in [1.82, 2.24) is 5.32 Å². The second-order valence-electron chi connectivity index (χ2n) is 6.61. The maximum atomic E-state index is 12.9. The summed E-state index contributed by atoms with van der Waals surface area (Å²) >= 11 is 5.10. The molecule has 0 aromatic heterocycles. The highest BCUT2D eigenvalue weighted by Gasteiger charge is 2.33. The van der Waals surface area contributed by atoms with Crippen LogP contribution in [0, 0.1) is 0 Å². The highest BCUT2D eigenvalue weighted by atomic mass is 32.1. The topological polar surface area (TPSA) is 24.1 Å². The van der Waals surface area contributed by atoms with E-state index in [2.05, 4.69) is 17.6 Å². The van der Waals surface area contributed by atoms with Crippen molar-refractivity contribution in [2.24, 2.45) is 0 Å². The largest absolute Gasteiger partial charge is 0.418 e. The molecule has 0 unspecified atom stereocenters. The molecule has 0 heterocycles. The van der Waals surface area contributed by atoms with E-state index in [0.29, 0.717) is 6.54 Å².